The van der Waals surface area contributed by atoms with Crippen LogP contribution >= 0.6 is 0 Å². The summed E-state index contributed by atoms with van der Waals surface area (Å²) in [5.74, 6) is 1.10. The number of rotatable bonds is 4. The Kier molecular flexibility index (Phi) is 4.91. The van der Waals surface area contributed by atoms with Crippen LogP contribution in [-0.2, 0) is 4.79 Å². The number of nitrogens with zero attached hydrogens (tertiary/aromatic N) is 3. The molecule has 2 aromatic heterocycles. The van der Waals surface area contributed by atoms with Crippen molar-refractivity contribution in [2.75, 3.05) is 18.4 Å². The monoisotopic (exact) mass is 341 g/mol. The first kappa shape index (κ1) is 17.2. The van der Waals surface area contributed by atoms with Crippen LogP contribution in [0.25, 0.3) is 0 Å². The molecule has 7 heteroatoms. The molecular weight excluding hydrogens is 318 g/mol. The molecule has 3 heterocycles. The van der Waals surface area contributed by atoms with Gasteiger partial charge in [-0.25, -0.2) is 0 Å². The lowest BCUT2D eigenvalue weighted by Gasteiger charge is -2.35. The van der Waals surface area contributed by atoms with Crippen LogP contribution in [0.1, 0.15) is 48.3 Å². The zero-order valence-electron chi connectivity index (χ0n) is 14.8. The molecule has 2 atom stereocenters. The van der Waals surface area contributed by atoms with Gasteiger partial charge in [0.05, 0.1) is 6.04 Å². The van der Waals surface area contributed by atoms with E-state index in [1.807, 2.05) is 19.9 Å². The highest BCUT2D eigenvalue weighted by molar-refractivity contribution is 5.94. The van der Waals surface area contributed by atoms with E-state index in [9.17, 15) is 10.1 Å². The maximum absolute atomic E-state index is 12.7. The van der Waals surface area contributed by atoms with Gasteiger partial charge in [-0.05, 0) is 46.2 Å². The van der Waals surface area contributed by atoms with E-state index < -0.39 is 0 Å². The summed E-state index contributed by atoms with van der Waals surface area (Å²) >= 11 is 0. The van der Waals surface area contributed by atoms with Crippen molar-refractivity contribution in [1.29, 1.82) is 5.26 Å². The second-order valence-electron chi connectivity index (χ2n) is 6.61. The Morgan fingerprint density at radius 3 is 3.04 bits per heavy atom. The average molecular weight is 341 g/mol. The number of hydrogen-bond donors (Lipinski definition) is 2. The van der Waals surface area contributed by atoms with Crippen molar-refractivity contribution in [3.63, 3.8) is 0 Å². The topological polar surface area (TPSA) is 97.9 Å². The van der Waals surface area contributed by atoms with Crippen molar-refractivity contribution in [2.45, 2.75) is 45.6 Å². The second-order valence-corrected chi connectivity index (χ2v) is 6.61. The Morgan fingerprint density at radius 1 is 1.56 bits per heavy atom. The van der Waals surface area contributed by atoms with Crippen molar-refractivity contribution < 1.29 is 9.21 Å². The van der Waals surface area contributed by atoms with Gasteiger partial charge in [-0.15, -0.1) is 0 Å². The van der Waals surface area contributed by atoms with Crippen LogP contribution in [0, 0.1) is 25.2 Å². The maximum Gasteiger partial charge on any atom is 0.243 e. The fourth-order valence-corrected chi connectivity index (χ4v) is 3.34. The van der Waals surface area contributed by atoms with Gasteiger partial charge < -0.3 is 4.42 Å². The fourth-order valence-electron chi connectivity index (χ4n) is 3.34. The van der Waals surface area contributed by atoms with Crippen molar-refractivity contribution in [3.8, 4) is 6.07 Å². The molecule has 1 fully saturated rings. The van der Waals surface area contributed by atoms with Crippen LogP contribution in [0.15, 0.2) is 16.7 Å². The number of likely N-dealkylation sites (tertiary alicyclic amines) is 1. The van der Waals surface area contributed by atoms with Crippen molar-refractivity contribution in [3.05, 3.63) is 34.8 Å². The van der Waals surface area contributed by atoms with Gasteiger partial charge in [-0.1, -0.05) is 0 Å². The summed E-state index contributed by atoms with van der Waals surface area (Å²) in [5.41, 5.74) is 2.27. The molecule has 0 aromatic carbocycles. The predicted molar refractivity (Wildman–Crippen MR) is 93.1 cm³/mol. The van der Waals surface area contributed by atoms with Crippen LogP contribution in [0.4, 0.5) is 5.88 Å². The van der Waals surface area contributed by atoms with Crippen molar-refractivity contribution >= 4 is 11.8 Å². The Bertz CT molecular complexity index is 787. The first-order valence-electron chi connectivity index (χ1n) is 8.55. The molecule has 0 saturated carbocycles. The van der Waals surface area contributed by atoms with E-state index >= 15 is 0 Å². The fraction of sp³-hybridized carbons (Fsp3) is 0.500. The van der Waals surface area contributed by atoms with Crippen molar-refractivity contribution in [2.24, 2.45) is 0 Å². The summed E-state index contributed by atoms with van der Waals surface area (Å²) in [5, 5.41) is 19.1. The third kappa shape index (κ3) is 3.44. The molecule has 0 unspecified atom stereocenters. The van der Waals surface area contributed by atoms with Crippen LogP contribution in [0.5, 0.6) is 0 Å². The van der Waals surface area contributed by atoms with Gasteiger partial charge in [0, 0.05) is 29.9 Å². The molecule has 1 aliphatic heterocycles. The summed E-state index contributed by atoms with van der Waals surface area (Å²) in [6.07, 6.45) is 3.88. The number of aromatic nitrogens is 2. The predicted octanol–water partition coefficient (Wildman–Crippen LogP) is 2.70. The number of hydrogen-bond acceptors (Lipinski definition) is 5. The van der Waals surface area contributed by atoms with E-state index in [2.05, 4.69) is 26.5 Å². The highest BCUT2D eigenvalue weighted by Gasteiger charge is 2.29. The number of furan rings is 1. The molecule has 7 nitrogen and oxygen atoms in total. The lowest BCUT2D eigenvalue weighted by Crippen LogP contribution is -2.46. The Morgan fingerprint density at radius 2 is 2.36 bits per heavy atom. The molecule has 0 spiro atoms. The summed E-state index contributed by atoms with van der Waals surface area (Å²) in [6.45, 7) is 7.17. The zero-order chi connectivity index (χ0) is 18.0. The first-order chi connectivity index (χ1) is 12.0. The summed E-state index contributed by atoms with van der Waals surface area (Å²) in [6, 6.07) is 3.79. The van der Waals surface area contributed by atoms with E-state index in [4.69, 9.17) is 4.42 Å². The number of nitrogens with one attached hydrogen (secondary N) is 2. The summed E-state index contributed by atoms with van der Waals surface area (Å²) in [7, 11) is 0. The summed E-state index contributed by atoms with van der Waals surface area (Å²) < 4.78 is 5.54. The van der Waals surface area contributed by atoms with Gasteiger partial charge in [-0.2, -0.15) is 10.4 Å². The van der Waals surface area contributed by atoms with Gasteiger partial charge in [0.2, 0.25) is 11.8 Å². The van der Waals surface area contributed by atoms with E-state index in [0.29, 0.717) is 17.2 Å². The molecule has 1 amide bonds. The number of piperidine rings is 1. The third-order valence-electron chi connectivity index (χ3n) is 5.08. The molecule has 2 N–H and O–H groups in total. The maximum atomic E-state index is 12.7. The molecule has 0 bridgehead atoms. The quantitative estimate of drug-likeness (QED) is 0.891. The van der Waals surface area contributed by atoms with E-state index in [1.165, 1.54) is 0 Å². The smallest absolute Gasteiger partial charge is 0.243 e. The van der Waals surface area contributed by atoms with Gasteiger partial charge in [-0.3, -0.25) is 20.1 Å². The molecule has 25 heavy (non-hydrogen) atoms. The largest absolute Gasteiger partial charge is 0.444 e. The molecule has 0 aliphatic carbocycles. The molecular formula is C18H23N5O2. The van der Waals surface area contributed by atoms with Gasteiger partial charge in [0.15, 0.2) is 0 Å². The lowest BCUT2D eigenvalue weighted by atomic mass is 9.94. The highest BCUT2D eigenvalue weighted by atomic mass is 16.4. The van der Waals surface area contributed by atoms with Gasteiger partial charge in [0.25, 0.3) is 0 Å². The normalized spacial score (nSPS) is 19.4. The van der Waals surface area contributed by atoms with E-state index in [-0.39, 0.29) is 17.8 Å². The average Bonchev–Trinajstić information content (AvgIpc) is 3.24. The number of aryl methyl sites for hydroxylation is 1. The SMILES string of the molecule is Cc1oc(NC(=O)[C@@H](C)N2CCC[C@@H](c3ccn[nH]3)C2)c(C#N)c1C. The number of H-pyrrole nitrogens is 1. The minimum Gasteiger partial charge on any atom is -0.444 e. The van der Waals surface area contributed by atoms with Gasteiger partial charge in [0.1, 0.15) is 17.4 Å². The van der Waals surface area contributed by atoms with Crippen LogP contribution in [-0.4, -0.2) is 40.1 Å². The number of anilines is 1. The molecule has 1 saturated heterocycles. The molecule has 3 rings (SSSR count). The molecule has 132 valence electrons. The van der Waals surface area contributed by atoms with Crippen LogP contribution < -0.4 is 5.32 Å². The molecule has 1 aliphatic rings. The standard InChI is InChI=1S/C18H23N5O2/c1-11-13(3)25-18(15(11)9-19)21-17(24)12(2)23-8-4-5-14(10-23)16-6-7-20-22-16/h6-7,12,14H,4-5,8,10H2,1-3H3,(H,20,22)(H,21,24)/t12-,14-/m1/s1. The number of carbonyl (C=O) groups is 1. The molecule has 0 radical (unpaired) electrons. The third-order valence-corrected chi connectivity index (χ3v) is 5.08. The number of aromatic amines is 1. The summed E-state index contributed by atoms with van der Waals surface area (Å²) in [4.78, 5) is 14.8. The minimum absolute atomic E-state index is 0.157. The minimum atomic E-state index is -0.303. The van der Waals surface area contributed by atoms with Crippen LogP contribution in [0.3, 0.4) is 0 Å². The van der Waals surface area contributed by atoms with E-state index in [0.717, 1.165) is 37.2 Å². The number of amides is 1. The number of carbonyl (C=O) groups excluding carboxylic acids is 1. The molecule has 2 aromatic rings. The second kappa shape index (κ2) is 7.11. The van der Waals surface area contributed by atoms with Gasteiger partial charge >= 0.3 is 0 Å². The Hall–Kier alpha value is -2.59. The number of nitriles is 1. The Labute approximate surface area is 147 Å². The zero-order valence-corrected chi connectivity index (χ0v) is 14.8. The Balaban J connectivity index is 1.68. The highest BCUT2D eigenvalue weighted by Crippen LogP contribution is 2.28. The lowest BCUT2D eigenvalue weighted by molar-refractivity contribution is -0.121. The van der Waals surface area contributed by atoms with Crippen LogP contribution in [0.2, 0.25) is 0 Å². The first-order valence-corrected chi connectivity index (χ1v) is 8.55. The van der Waals surface area contributed by atoms with E-state index in [1.54, 1.807) is 13.1 Å². The van der Waals surface area contributed by atoms with Crippen molar-refractivity contribution in [1.82, 2.24) is 15.1 Å².